The number of aryl methyl sites for hydroxylation is 2. The Balaban J connectivity index is 2.38. The van der Waals surface area contributed by atoms with E-state index in [-0.39, 0.29) is 11.9 Å². The van der Waals surface area contributed by atoms with E-state index in [9.17, 15) is 4.39 Å². The topological polar surface area (TPSA) is 38.0 Å². The number of hydrogen-bond acceptors (Lipinski definition) is 2. The van der Waals surface area contributed by atoms with Gasteiger partial charge >= 0.3 is 0 Å². The van der Waals surface area contributed by atoms with Gasteiger partial charge < -0.3 is 0 Å². The molecule has 1 saturated carbocycles. The van der Waals surface area contributed by atoms with E-state index < -0.39 is 0 Å². The number of hydrazine groups is 1. The molecule has 0 amide bonds. The molecule has 0 radical (unpaired) electrons. The van der Waals surface area contributed by atoms with Gasteiger partial charge in [-0.1, -0.05) is 13.0 Å². The zero-order chi connectivity index (χ0) is 11.9. The molecule has 0 bridgehead atoms. The van der Waals surface area contributed by atoms with Crippen molar-refractivity contribution >= 4 is 0 Å². The normalized spacial score (nSPS) is 25.6. The largest absolute Gasteiger partial charge is 0.271 e. The minimum Gasteiger partial charge on any atom is -0.271 e. The van der Waals surface area contributed by atoms with Crippen molar-refractivity contribution in [2.24, 2.45) is 17.7 Å². The molecule has 88 valence electrons. The fourth-order valence-corrected chi connectivity index (χ4v) is 2.56. The summed E-state index contributed by atoms with van der Waals surface area (Å²) in [5.74, 6) is 6.54. The van der Waals surface area contributed by atoms with E-state index in [2.05, 4.69) is 12.3 Å². The molecule has 1 aliphatic carbocycles. The van der Waals surface area contributed by atoms with Gasteiger partial charge in [0, 0.05) is 5.56 Å². The van der Waals surface area contributed by atoms with Gasteiger partial charge in [-0.25, -0.2) is 4.39 Å². The van der Waals surface area contributed by atoms with Crippen LogP contribution in [-0.2, 0) is 0 Å². The van der Waals surface area contributed by atoms with Gasteiger partial charge in [0.15, 0.2) is 0 Å². The van der Waals surface area contributed by atoms with E-state index in [0.717, 1.165) is 23.1 Å². The molecule has 3 atom stereocenters. The maximum Gasteiger partial charge on any atom is 0.128 e. The van der Waals surface area contributed by atoms with Crippen LogP contribution in [0.25, 0.3) is 0 Å². The highest BCUT2D eigenvalue weighted by atomic mass is 19.1. The third kappa shape index (κ3) is 1.97. The molecule has 0 saturated heterocycles. The summed E-state index contributed by atoms with van der Waals surface area (Å²) in [4.78, 5) is 0. The van der Waals surface area contributed by atoms with Crippen LogP contribution in [0.4, 0.5) is 4.39 Å². The predicted octanol–water partition coefficient (Wildman–Crippen LogP) is 2.60. The first kappa shape index (κ1) is 11.6. The molecule has 2 nitrogen and oxygen atoms in total. The smallest absolute Gasteiger partial charge is 0.128 e. The maximum atomic E-state index is 14.0. The van der Waals surface area contributed by atoms with Crippen molar-refractivity contribution in [2.45, 2.75) is 33.2 Å². The van der Waals surface area contributed by atoms with Gasteiger partial charge in [0.25, 0.3) is 0 Å². The lowest BCUT2D eigenvalue weighted by atomic mass is 9.95. The van der Waals surface area contributed by atoms with Crippen LogP contribution in [0, 0.1) is 31.5 Å². The molecule has 1 aromatic carbocycles. The molecule has 3 unspecified atom stereocenters. The molecule has 0 aliphatic heterocycles. The minimum atomic E-state index is -0.139. The molecule has 3 heteroatoms. The Hall–Kier alpha value is -0.930. The number of benzene rings is 1. The second-order valence-corrected chi connectivity index (χ2v) is 5.00. The van der Waals surface area contributed by atoms with Crippen molar-refractivity contribution in [3.63, 3.8) is 0 Å². The van der Waals surface area contributed by atoms with E-state index in [1.807, 2.05) is 19.9 Å². The molecule has 2 rings (SSSR count). The number of rotatable bonds is 3. The van der Waals surface area contributed by atoms with Crippen molar-refractivity contribution in [3.05, 3.63) is 34.6 Å². The Kier molecular flexibility index (Phi) is 3.00. The van der Waals surface area contributed by atoms with E-state index in [4.69, 9.17) is 5.84 Å². The summed E-state index contributed by atoms with van der Waals surface area (Å²) in [5.41, 5.74) is 5.45. The van der Waals surface area contributed by atoms with Gasteiger partial charge in [0.2, 0.25) is 0 Å². The van der Waals surface area contributed by atoms with Crippen LogP contribution in [0.5, 0.6) is 0 Å². The monoisotopic (exact) mass is 222 g/mol. The molecular formula is C13H19FN2. The number of halogens is 1. The van der Waals surface area contributed by atoms with Crippen molar-refractivity contribution < 1.29 is 4.39 Å². The van der Waals surface area contributed by atoms with Crippen molar-refractivity contribution in [3.8, 4) is 0 Å². The average molecular weight is 222 g/mol. The number of nitrogens with one attached hydrogen (secondary N) is 1. The average Bonchev–Trinajstić information content (AvgIpc) is 2.88. The van der Waals surface area contributed by atoms with Gasteiger partial charge in [-0.15, -0.1) is 0 Å². The third-order valence-electron chi connectivity index (χ3n) is 3.57. The predicted molar refractivity (Wildman–Crippen MR) is 63.2 cm³/mol. The van der Waals surface area contributed by atoms with E-state index in [1.165, 1.54) is 0 Å². The van der Waals surface area contributed by atoms with Crippen LogP contribution in [0.1, 0.15) is 36.1 Å². The Morgan fingerprint density at radius 2 is 2.06 bits per heavy atom. The summed E-state index contributed by atoms with van der Waals surface area (Å²) in [5, 5.41) is 0. The number of nitrogens with two attached hydrogens (primary N) is 1. The zero-order valence-corrected chi connectivity index (χ0v) is 10.0. The molecule has 0 aromatic heterocycles. The van der Waals surface area contributed by atoms with Crippen LogP contribution >= 0.6 is 0 Å². The summed E-state index contributed by atoms with van der Waals surface area (Å²) >= 11 is 0. The highest BCUT2D eigenvalue weighted by molar-refractivity contribution is 5.35. The Bertz CT molecular complexity index is 380. The van der Waals surface area contributed by atoms with Crippen molar-refractivity contribution in [1.29, 1.82) is 0 Å². The highest BCUT2D eigenvalue weighted by Crippen LogP contribution is 2.47. The van der Waals surface area contributed by atoms with Gasteiger partial charge in [-0.05, 0) is 49.3 Å². The van der Waals surface area contributed by atoms with Crippen LogP contribution in [0.3, 0.4) is 0 Å². The maximum absolute atomic E-state index is 14.0. The summed E-state index contributed by atoms with van der Waals surface area (Å²) in [6.45, 7) is 6.03. The highest BCUT2D eigenvalue weighted by Gasteiger charge is 2.41. The third-order valence-corrected chi connectivity index (χ3v) is 3.57. The first-order valence-corrected chi connectivity index (χ1v) is 5.77. The lowest BCUT2D eigenvalue weighted by Gasteiger charge is -2.19. The first-order chi connectivity index (χ1) is 7.54. The fraction of sp³-hybridized carbons (Fsp3) is 0.538. The Labute approximate surface area is 96.0 Å². The molecule has 1 fully saturated rings. The minimum absolute atomic E-state index is 0.0457. The Morgan fingerprint density at radius 3 is 2.50 bits per heavy atom. The summed E-state index contributed by atoms with van der Waals surface area (Å²) in [7, 11) is 0. The van der Waals surface area contributed by atoms with Crippen molar-refractivity contribution in [2.75, 3.05) is 0 Å². The van der Waals surface area contributed by atoms with E-state index in [0.29, 0.717) is 11.8 Å². The molecule has 0 spiro atoms. The summed E-state index contributed by atoms with van der Waals surface area (Å²) < 4.78 is 14.0. The van der Waals surface area contributed by atoms with Crippen LogP contribution in [-0.4, -0.2) is 0 Å². The van der Waals surface area contributed by atoms with Gasteiger partial charge in [-0.3, -0.25) is 11.3 Å². The van der Waals surface area contributed by atoms with E-state index >= 15 is 0 Å². The lowest BCUT2D eigenvalue weighted by molar-refractivity contribution is 0.450. The summed E-state index contributed by atoms with van der Waals surface area (Å²) in [6, 6.07) is 3.55. The lowest BCUT2D eigenvalue weighted by Crippen LogP contribution is -2.31. The van der Waals surface area contributed by atoms with Crippen molar-refractivity contribution in [1.82, 2.24) is 5.43 Å². The fourth-order valence-electron chi connectivity index (χ4n) is 2.56. The van der Waals surface area contributed by atoms with Crippen LogP contribution in [0.15, 0.2) is 12.1 Å². The molecule has 1 aliphatic rings. The molecule has 1 aromatic rings. The van der Waals surface area contributed by atoms with Gasteiger partial charge in [-0.2, -0.15) is 0 Å². The van der Waals surface area contributed by atoms with Gasteiger partial charge in [0.1, 0.15) is 5.82 Å². The second kappa shape index (κ2) is 4.15. The van der Waals surface area contributed by atoms with Crippen LogP contribution in [0.2, 0.25) is 0 Å². The quantitative estimate of drug-likeness (QED) is 0.609. The van der Waals surface area contributed by atoms with E-state index in [1.54, 1.807) is 6.07 Å². The molecule has 0 heterocycles. The summed E-state index contributed by atoms with van der Waals surface area (Å²) in [6.07, 6.45) is 1.13. The molecule has 3 N–H and O–H groups in total. The SMILES string of the molecule is Cc1cc(C)c(C(NN)C2CC2C)c(F)c1. The zero-order valence-electron chi connectivity index (χ0n) is 10.0. The Morgan fingerprint density at radius 1 is 1.44 bits per heavy atom. The molecule has 16 heavy (non-hydrogen) atoms. The first-order valence-electron chi connectivity index (χ1n) is 5.77. The second-order valence-electron chi connectivity index (χ2n) is 5.00. The van der Waals surface area contributed by atoms with Gasteiger partial charge in [0.05, 0.1) is 6.04 Å². The van der Waals surface area contributed by atoms with Crippen LogP contribution < -0.4 is 11.3 Å². The number of hydrogen-bond donors (Lipinski definition) is 2. The molecular weight excluding hydrogens is 203 g/mol. The standard InChI is InChI=1S/C13H19FN2/c1-7-4-9(3)12(11(14)5-7)13(16-15)10-6-8(10)2/h4-5,8,10,13,16H,6,15H2,1-3H3.